The zero-order valence-electron chi connectivity index (χ0n) is 16.3. The molecule has 0 spiro atoms. The fourth-order valence-corrected chi connectivity index (χ4v) is 2.34. The van der Waals surface area contributed by atoms with Crippen molar-refractivity contribution in [3.8, 4) is 0 Å². The van der Waals surface area contributed by atoms with Crippen LogP contribution in [0.5, 0.6) is 0 Å². The van der Waals surface area contributed by atoms with E-state index in [9.17, 15) is 0 Å². The molecule has 0 fully saturated rings. The first-order valence-electron chi connectivity index (χ1n) is 9.70. The van der Waals surface area contributed by atoms with Crippen LogP contribution < -0.4 is 22.9 Å². The number of nitrogens with two attached hydrogens (primary N) is 4. The first kappa shape index (κ1) is 29.2. The van der Waals surface area contributed by atoms with Crippen LogP contribution in [0.3, 0.4) is 0 Å². The molecule has 0 aliphatic carbocycles. The fourth-order valence-electron chi connectivity index (χ4n) is 2.34. The van der Waals surface area contributed by atoms with E-state index >= 15 is 0 Å². The van der Waals surface area contributed by atoms with Crippen molar-refractivity contribution in [3.05, 3.63) is 0 Å². The Balaban J connectivity index is -0.000000551. The van der Waals surface area contributed by atoms with Gasteiger partial charge in [0.25, 0.3) is 0 Å². The molecule has 0 unspecified atom stereocenters. The minimum Gasteiger partial charge on any atom is -0.396 e. The van der Waals surface area contributed by atoms with Crippen LogP contribution in [-0.4, -0.2) is 35.5 Å². The SMILES string of the molecule is NC(N)=O.NC(N)=O.OCCCCCCCCCCCCCCCCO. The van der Waals surface area contributed by atoms with Gasteiger partial charge in [0.2, 0.25) is 0 Å². The summed E-state index contributed by atoms with van der Waals surface area (Å²) in [5.41, 5.74) is 17.0. The second-order valence-electron chi connectivity index (χ2n) is 6.20. The molecule has 0 aromatic heterocycles. The Hall–Kier alpha value is -1.54. The number of aliphatic hydroxyl groups is 2. The van der Waals surface area contributed by atoms with Gasteiger partial charge in [0.1, 0.15) is 0 Å². The summed E-state index contributed by atoms with van der Waals surface area (Å²) in [6.07, 6.45) is 18.0. The smallest absolute Gasteiger partial charge is 0.309 e. The predicted molar refractivity (Wildman–Crippen MR) is 106 cm³/mol. The number of hydrogen-bond acceptors (Lipinski definition) is 4. The zero-order chi connectivity index (χ0) is 20.5. The molecule has 0 aromatic rings. The van der Waals surface area contributed by atoms with Gasteiger partial charge in [-0.2, -0.15) is 0 Å². The van der Waals surface area contributed by atoms with Gasteiger partial charge in [-0.15, -0.1) is 0 Å². The van der Waals surface area contributed by atoms with Gasteiger partial charge in [0.05, 0.1) is 0 Å². The van der Waals surface area contributed by atoms with Gasteiger partial charge in [-0.05, 0) is 12.8 Å². The van der Waals surface area contributed by atoms with Crippen LogP contribution in [0.1, 0.15) is 89.9 Å². The lowest BCUT2D eigenvalue weighted by atomic mass is 10.0. The Morgan fingerprint density at radius 2 is 0.538 bits per heavy atom. The van der Waals surface area contributed by atoms with E-state index in [0.29, 0.717) is 13.2 Å². The molecule has 158 valence electrons. The molecule has 8 nitrogen and oxygen atoms in total. The van der Waals surface area contributed by atoms with E-state index < -0.39 is 12.1 Å². The van der Waals surface area contributed by atoms with E-state index in [1.54, 1.807) is 0 Å². The normalized spacial score (nSPS) is 9.46. The number of amides is 4. The summed E-state index contributed by atoms with van der Waals surface area (Å²) in [7, 11) is 0. The highest BCUT2D eigenvalue weighted by atomic mass is 16.3. The number of carbonyl (C=O) groups is 2. The minimum atomic E-state index is -0.833. The van der Waals surface area contributed by atoms with Crippen LogP contribution in [0, 0.1) is 0 Å². The maximum atomic E-state index is 9.00. The quantitative estimate of drug-likeness (QED) is 0.240. The second-order valence-corrected chi connectivity index (χ2v) is 6.20. The molecule has 0 aromatic carbocycles. The number of carbonyl (C=O) groups excluding carboxylic acids is 2. The van der Waals surface area contributed by atoms with Crippen molar-refractivity contribution >= 4 is 12.1 Å². The molecule has 10 N–H and O–H groups in total. The number of urea groups is 2. The third-order valence-corrected chi connectivity index (χ3v) is 3.57. The predicted octanol–water partition coefficient (Wildman–Crippen LogP) is 2.48. The average Bonchev–Trinajstić information content (AvgIpc) is 2.54. The molecule has 0 saturated carbocycles. The molecular weight excluding hydrogens is 336 g/mol. The maximum Gasteiger partial charge on any atom is 0.309 e. The van der Waals surface area contributed by atoms with E-state index in [0.717, 1.165) is 12.8 Å². The Morgan fingerprint density at radius 1 is 0.423 bits per heavy atom. The van der Waals surface area contributed by atoms with Crippen molar-refractivity contribution in [1.29, 1.82) is 0 Å². The first-order chi connectivity index (χ1) is 12.4. The van der Waals surface area contributed by atoms with E-state index in [4.69, 9.17) is 19.8 Å². The summed E-state index contributed by atoms with van der Waals surface area (Å²) in [5.74, 6) is 0. The fraction of sp³-hybridized carbons (Fsp3) is 0.889. The van der Waals surface area contributed by atoms with Crippen molar-refractivity contribution in [2.24, 2.45) is 22.9 Å². The number of unbranched alkanes of at least 4 members (excludes halogenated alkanes) is 13. The highest BCUT2D eigenvalue weighted by Gasteiger charge is 1.93. The van der Waals surface area contributed by atoms with Gasteiger partial charge in [0, 0.05) is 13.2 Å². The monoisotopic (exact) mass is 378 g/mol. The van der Waals surface area contributed by atoms with Gasteiger partial charge in [-0.1, -0.05) is 77.0 Å². The Morgan fingerprint density at radius 3 is 0.654 bits per heavy atom. The van der Waals surface area contributed by atoms with Crippen LogP contribution in [0.4, 0.5) is 9.59 Å². The lowest BCUT2D eigenvalue weighted by molar-refractivity contribution is 0.255. The van der Waals surface area contributed by atoms with Gasteiger partial charge in [-0.25, -0.2) is 9.59 Å². The van der Waals surface area contributed by atoms with Crippen LogP contribution in [0.15, 0.2) is 0 Å². The van der Waals surface area contributed by atoms with Crippen molar-refractivity contribution in [2.45, 2.75) is 89.9 Å². The molecule has 0 rings (SSSR count). The van der Waals surface area contributed by atoms with Crippen LogP contribution in [-0.2, 0) is 0 Å². The number of primary amides is 4. The third-order valence-electron chi connectivity index (χ3n) is 3.57. The van der Waals surface area contributed by atoms with Crippen molar-refractivity contribution in [1.82, 2.24) is 0 Å². The van der Waals surface area contributed by atoms with Crippen molar-refractivity contribution in [3.63, 3.8) is 0 Å². The molecule has 8 heteroatoms. The molecule has 26 heavy (non-hydrogen) atoms. The zero-order valence-corrected chi connectivity index (χ0v) is 16.3. The standard InChI is InChI=1S/C16H34O2.2CH4N2O/c17-15-13-11-9-7-5-3-1-2-4-6-8-10-12-14-16-18;2*2-1(3)4/h17-18H,1-16H2;2*(H4,2,3,4). The number of rotatable bonds is 15. The van der Waals surface area contributed by atoms with Crippen molar-refractivity contribution < 1.29 is 19.8 Å². The summed E-state index contributed by atoms with van der Waals surface area (Å²) < 4.78 is 0. The molecule has 0 saturated heterocycles. The van der Waals surface area contributed by atoms with E-state index in [-0.39, 0.29) is 0 Å². The summed E-state index contributed by atoms with van der Waals surface area (Å²) >= 11 is 0. The Kier molecular flexibility index (Phi) is 31.8. The van der Waals surface area contributed by atoms with Gasteiger partial charge >= 0.3 is 12.1 Å². The Labute approximate surface area is 158 Å². The lowest BCUT2D eigenvalue weighted by Crippen LogP contribution is -2.18. The molecule has 0 bridgehead atoms. The molecule has 0 heterocycles. The van der Waals surface area contributed by atoms with E-state index in [1.165, 1.54) is 77.0 Å². The first-order valence-corrected chi connectivity index (χ1v) is 9.70. The molecule has 0 aliphatic rings. The van der Waals surface area contributed by atoms with Crippen LogP contribution in [0.2, 0.25) is 0 Å². The number of hydrogen-bond donors (Lipinski definition) is 6. The lowest BCUT2D eigenvalue weighted by Gasteiger charge is -2.02. The van der Waals surface area contributed by atoms with Gasteiger partial charge in [-0.3, -0.25) is 0 Å². The molecule has 0 atom stereocenters. The molecule has 0 radical (unpaired) electrons. The molecular formula is C18H42N4O4. The third kappa shape index (κ3) is 57.1. The Bertz CT molecular complexity index is 256. The summed E-state index contributed by atoms with van der Waals surface area (Å²) in [6.45, 7) is 0.719. The number of aliphatic hydroxyl groups excluding tert-OH is 2. The van der Waals surface area contributed by atoms with E-state index in [1.807, 2.05) is 0 Å². The van der Waals surface area contributed by atoms with Crippen LogP contribution in [0.25, 0.3) is 0 Å². The topological polar surface area (TPSA) is 179 Å². The second kappa shape index (κ2) is 28.3. The van der Waals surface area contributed by atoms with Crippen molar-refractivity contribution in [2.75, 3.05) is 13.2 Å². The largest absolute Gasteiger partial charge is 0.396 e. The minimum absolute atomic E-state index is 0.359. The van der Waals surface area contributed by atoms with Gasteiger partial charge in [0.15, 0.2) is 0 Å². The molecule has 4 amide bonds. The van der Waals surface area contributed by atoms with Gasteiger partial charge < -0.3 is 33.1 Å². The van der Waals surface area contributed by atoms with E-state index in [2.05, 4.69) is 22.9 Å². The highest BCUT2D eigenvalue weighted by molar-refractivity contribution is 5.69. The average molecular weight is 379 g/mol. The highest BCUT2D eigenvalue weighted by Crippen LogP contribution is 2.12. The summed E-state index contributed by atoms with van der Waals surface area (Å²) in [6, 6.07) is -1.67. The summed E-state index contributed by atoms with van der Waals surface area (Å²) in [4.78, 5) is 18.0. The van der Waals surface area contributed by atoms with Crippen LogP contribution >= 0.6 is 0 Å². The summed E-state index contributed by atoms with van der Waals surface area (Å²) in [5, 5.41) is 17.3. The molecule has 0 aliphatic heterocycles. The maximum absolute atomic E-state index is 9.00.